The molecule has 0 bridgehead atoms. The highest BCUT2D eigenvalue weighted by Crippen LogP contribution is 2.25. The molecule has 0 radical (unpaired) electrons. The van der Waals surface area contributed by atoms with Crippen molar-refractivity contribution in [3.63, 3.8) is 0 Å². The van der Waals surface area contributed by atoms with Crippen molar-refractivity contribution in [2.75, 3.05) is 10.6 Å². The van der Waals surface area contributed by atoms with Gasteiger partial charge in [-0.25, -0.2) is 4.68 Å². The van der Waals surface area contributed by atoms with Crippen molar-refractivity contribution in [1.29, 1.82) is 0 Å². The second-order valence-electron chi connectivity index (χ2n) is 6.65. The molecule has 154 valence electrons. The van der Waals surface area contributed by atoms with Crippen LogP contribution in [0, 0.1) is 0 Å². The zero-order valence-electron chi connectivity index (χ0n) is 16.6. The molecule has 2 N–H and O–H groups in total. The number of halogens is 1. The molecule has 2 aromatic carbocycles. The molecule has 0 atom stereocenters. The van der Waals surface area contributed by atoms with Gasteiger partial charge in [0.15, 0.2) is 0 Å². The summed E-state index contributed by atoms with van der Waals surface area (Å²) in [6, 6.07) is 15.4. The maximum atomic E-state index is 12.4. The summed E-state index contributed by atoms with van der Waals surface area (Å²) in [5.74, 6) is -0.592. The van der Waals surface area contributed by atoms with Gasteiger partial charge in [0, 0.05) is 24.2 Å². The standard InChI is InChI=1S/C22H21ClN4O3/c1-3-15-8-9-16(12-20(15)24-14(2)28)18-10-11-22(30)27(26-18)13-21(29)25-19-7-5-4-6-17(19)23/h4-12H,3,13H2,1-2H3,(H,24,28)(H,25,29). The molecule has 3 rings (SSSR count). The van der Waals surface area contributed by atoms with Crippen molar-refractivity contribution in [3.8, 4) is 11.3 Å². The van der Waals surface area contributed by atoms with Gasteiger partial charge >= 0.3 is 0 Å². The van der Waals surface area contributed by atoms with Crippen LogP contribution in [0.1, 0.15) is 19.4 Å². The Balaban J connectivity index is 1.86. The molecule has 1 heterocycles. The van der Waals surface area contributed by atoms with Crippen molar-refractivity contribution in [2.45, 2.75) is 26.8 Å². The molecule has 0 aliphatic heterocycles. The van der Waals surface area contributed by atoms with Crippen LogP contribution in [0.2, 0.25) is 5.02 Å². The number of carbonyl (C=O) groups excluding carboxylic acids is 2. The van der Waals surface area contributed by atoms with Crippen LogP contribution < -0.4 is 16.2 Å². The third-order valence-electron chi connectivity index (χ3n) is 4.41. The van der Waals surface area contributed by atoms with Gasteiger partial charge < -0.3 is 10.6 Å². The molecule has 0 saturated carbocycles. The van der Waals surface area contributed by atoms with E-state index >= 15 is 0 Å². The minimum atomic E-state index is -0.421. The van der Waals surface area contributed by atoms with Crippen molar-refractivity contribution in [3.05, 3.63) is 75.5 Å². The van der Waals surface area contributed by atoms with Crippen molar-refractivity contribution < 1.29 is 9.59 Å². The van der Waals surface area contributed by atoms with Gasteiger partial charge in [0.25, 0.3) is 5.56 Å². The van der Waals surface area contributed by atoms with E-state index in [1.807, 2.05) is 19.1 Å². The Morgan fingerprint density at radius 2 is 1.80 bits per heavy atom. The minimum absolute atomic E-state index is 0.170. The van der Waals surface area contributed by atoms with Crippen LogP contribution in [0.15, 0.2) is 59.4 Å². The zero-order valence-corrected chi connectivity index (χ0v) is 17.4. The number of rotatable bonds is 6. The van der Waals surface area contributed by atoms with E-state index < -0.39 is 11.5 Å². The predicted molar refractivity (Wildman–Crippen MR) is 118 cm³/mol. The molecule has 3 aromatic rings. The fraction of sp³-hybridized carbons (Fsp3) is 0.182. The smallest absolute Gasteiger partial charge is 0.267 e. The van der Waals surface area contributed by atoms with Gasteiger partial charge in [-0.2, -0.15) is 5.10 Å². The number of aromatic nitrogens is 2. The second kappa shape index (κ2) is 9.37. The summed E-state index contributed by atoms with van der Waals surface area (Å²) >= 11 is 6.05. The maximum absolute atomic E-state index is 12.4. The van der Waals surface area contributed by atoms with Crippen LogP contribution in [0.5, 0.6) is 0 Å². The van der Waals surface area contributed by atoms with E-state index in [1.54, 1.807) is 36.4 Å². The van der Waals surface area contributed by atoms with Crippen molar-refractivity contribution in [2.24, 2.45) is 0 Å². The van der Waals surface area contributed by atoms with Gasteiger partial charge in [-0.05, 0) is 36.2 Å². The molecule has 0 spiro atoms. The summed E-state index contributed by atoms with van der Waals surface area (Å²) in [7, 11) is 0. The molecular weight excluding hydrogens is 404 g/mol. The maximum Gasteiger partial charge on any atom is 0.267 e. The number of hydrogen-bond acceptors (Lipinski definition) is 4. The van der Waals surface area contributed by atoms with Gasteiger partial charge in [0.1, 0.15) is 6.54 Å². The normalized spacial score (nSPS) is 10.5. The largest absolute Gasteiger partial charge is 0.326 e. The molecular formula is C22H21ClN4O3. The van der Waals surface area contributed by atoms with E-state index in [4.69, 9.17) is 11.6 Å². The van der Waals surface area contributed by atoms with Crippen LogP contribution in [0.3, 0.4) is 0 Å². The van der Waals surface area contributed by atoms with Crippen LogP contribution >= 0.6 is 11.6 Å². The average Bonchev–Trinajstić information content (AvgIpc) is 2.71. The van der Waals surface area contributed by atoms with E-state index in [0.717, 1.165) is 22.2 Å². The first-order valence-corrected chi connectivity index (χ1v) is 9.78. The van der Waals surface area contributed by atoms with E-state index in [1.165, 1.54) is 13.0 Å². The fourth-order valence-corrected chi connectivity index (χ4v) is 3.14. The SMILES string of the molecule is CCc1ccc(-c2ccc(=O)n(CC(=O)Nc3ccccc3Cl)n2)cc1NC(C)=O. The summed E-state index contributed by atoms with van der Waals surface area (Å²) in [6.45, 7) is 3.18. The number of hydrogen-bond donors (Lipinski definition) is 2. The quantitative estimate of drug-likeness (QED) is 0.630. The summed E-state index contributed by atoms with van der Waals surface area (Å²) in [6.07, 6.45) is 0.755. The van der Waals surface area contributed by atoms with Crippen LogP contribution in [0.25, 0.3) is 11.3 Å². The molecule has 2 amide bonds. The van der Waals surface area contributed by atoms with Crippen molar-refractivity contribution in [1.82, 2.24) is 9.78 Å². The van der Waals surface area contributed by atoms with Gasteiger partial charge in [-0.3, -0.25) is 14.4 Å². The van der Waals surface area contributed by atoms with Gasteiger partial charge in [0.2, 0.25) is 11.8 Å². The molecule has 0 fully saturated rings. The van der Waals surface area contributed by atoms with E-state index in [-0.39, 0.29) is 12.5 Å². The summed E-state index contributed by atoms with van der Waals surface area (Å²) in [5.41, 5.74) is 2.97. The summed E-state index contributed by atoms with van der Waals surface area (Å²) in [5, 5.41) is 10.2. The van der Waals surface area contributed by atoms with Gasteiger partial charge in [-0.15, -0.1) is 0 Å². The minimum Gasteiger partial charge on any atom is -0.326 e. The summed E-state index contributed by atoms with van der Waals surface area (Å²) in [4.78, 5) is 36.1. The Bertz CT molecular complexity index is 1160. The number of carbonyl (C=O) groups is 2. The molecule has 0 aliphatic carbocycles. The monoisotopic (exact) mass is 424 g/mol. The molecule has 8 heteroatoms. The Hall–Kier alpha value is -3.45. The number of benzene rings is 2. The topological polar surface area (TPSA) is 93.1 Å². The third-order valence-corrected chi connectivity index (χ3v) is 4.73. The number of nitrogens with zero attached hydrogens (tertiary/aromatic N) is 2. The Morgan fingerprint density at radius 1 is 1.03 bits per heavy atom. The first-order valence-electron chi connectivity index (χ1n) is 9.41. The molecule has 0 aliphatic rings. The van der Waals surface area contributed by atoms with Crippen molar-refractivity contribution >= 4 is 34.8 Å². The lowest BCUT2D eigenvalue weighted by Gasteiger charge is -2.12. The number of nitrogens with one attached hydrogen (secondary N) is 2. The number of para-hydroxylation sites is 1. The average molecular weight is 425 g/mol. The third kappa shape index (κ3) is 5.12. The van der Waals surface area contributed by atoms with Crippen LogP contribution in [-0.2, 0) is 22.6 Å². The highest BCUT2D eigenvalue weighted by molar-refractivity contribution is 6.33. The zero-order chi connectivity index (χ0) is 21.7. The fourth-order valence-electron chi connectivity index (χ4n) is 2.95. The number of anilines is 2. The van der Waals surface area contributed by atoms with Crippen LogP contribution in [-0.4, -0.2) is 21.6 Å². The summed E-state index contributed by atoms with van der Waals surface area (Å²) < 4.78 is 1.09. The van der Waals surface area contributed by atoms with Gasteiger partial charge in [0.05, 0.1) is 16.4 Å². The number of aryl methyl sites for hydroxylation is 1. The number of amides is 2. The Morgan fingerprint density at radius 3 is 2.50 bits per heavy atom. The molecule has 30 heavy (non-hydrogen) atoms. The highest BCUT2D eigenvalue weighted by Gasteiger charge is 2.11. The molecule has 1 aromatic heterocycles. The van der Waals surface area contributed by atoms with E-state index in [9.17, 15) is 14.4 Å². The predicted octanol–water partition coefficient (Wildman–Crippen LogP) is 3.72. The Labute approximate surface area is 178 Å². The van der Waals surface area contributed by atoms with Crippen LogP contribution in [0.4, 0.5) is 11.4 Å². The first kappa shape index (κ1) is 21.3. The van der Waals surface area contributed by atoms with E-state index in [2.05, 4.69) is 15.7 Å². The lowest BCUT2D eigenvalue weighted by Crippen LogP contribution is -2.29. The molecule has 0 unspecified atom stereocenters. The van der Waals surface area contributed by atoms with E-state index in [0.29, 0.717) is 22.1 Å². The lowest BCUT2D eigenvalue weighted by atomic mass is 10.0. The first-order chi connectivity index (χ1) is 14.4. The molecule has 7 nitrogen and oxygen atoms in total. The van der Waals surface area contributed by atoms with Gasteiger partial charge in [-0.1, -0.05) is 42.8 Å². The Kier molecular flexibility index (Phi) is 6.64. The second-order valence-corrected chi connectivity index (χ2v) is 7.06. The molecule has 0 saturated heterocycles. The lowest BCUT2D eigenvalue weighted by molar-refractivity contribution is -0.117. The highest BCUT2D eigenvalue weighted by atomic mass is 35.5.